The molecule has 0 amide bonds. The van der Waals surface area contributed by atoms with E-state index in [1.54, 1.807) is 12.1 Å². The Morgan fingerprint density at radius 3 is 2.63 bits per heavy atom. The van der Waals surface area contributed by atoms with Gasteiger partial charge < -0.3 is 10.1 Å². The zero-order valence-electron chi connectivity index (χ0n) is 11.6. The van der Waals surface area contributed by atoms with Crippen LogP contribution >= 0.6 is 0 Å². The van der Waals surface area contributed by atoms with E-state index in [1.807, 2.05) is 12.1 Å². The molecule has 1 N–H and O–H groups in total. The van der Waals surface area contributed by atoms with Gasteiger partial charge >= 0.3 is 0 Å². The number of carbonyl (C=O) groups is 1. The lowest BCUT2D eigenvalue weighted by Crippen LogP contribution is -2.31. The number of benzene rings is 1. The summed E-state index contributed by atoms with van der Waals surface area (Å²) >= 11 is 0. The van der Waals surface area contributed by atoms with Gasteiger partial charge in [-0.3, -0.25) is 4.79 Å². The molecule has 3 heteroatoms. The van der Waals surface area contributed by atoms with Gasteiger partial charge in [-0.1, -0.05) is 6.92 Å². The molecule has 0 aliphatic carbocycles. The van der Waals surface area contributed by atoms with Crippen LogP contribution in [0.3, 0.4) is 0 Å². The van der Waals surface area contributed by atoms with Crippen LogP contribution < -0.4 is 10.1 Å². The second kappa shape index (κ2) is 7.29. The number of nitrogens with one attached hydrogen (secondary N) is 1. The molecule has 1 saturated heterocycles. The Kier molecular flexibility index (Phi) is 5.40. The van der Waals surface area contributed by atoms with Crippen molar-refractivity contribution in [2.45, 2.75) is 26.2 Å². The molecular formula is C16H23NO2. The van der Waals surface area contributed by atoms with E-state index in [0.29, 0.717) is 5.56 Å². The van der Waals surface area contributed by atoms with Crippen molar-refractivity contribution >= 4 is 6.29 Å². The first-order valence-corrected chi connectivity index (χ1v) is 7.18. The predicted octanol–water partition coefficient (Wildman–Crippen LogP) is 2.90. The van der Waals surface area contributed by atoms with Gasteiger partial charge in [0.15, 0.2) is 0 Å². The standard InChI is InChI=1S/C16H23NO2/c1-13(15-6-9-17-10-7-15)8-11-19-16-4-2-14(12-18)3-5-16/h2-5,12-13,15,17H,6-11H2,1H3/t13-/m1/s1. The van der Waals surface area contributed by atoms with Crippen molar-refractivity contribution in [3.05, 3.63) is 29.8 Å². The first-order chi connectivity index (χ1) is 9.29. The zero-order chi connectivity index (χ0) is 13.5. The minimum atomic E-state index is 0.690. The molecule has 19 heavy (non-hydrogen) atoms. The van der Waals surface area contributed by atoms with Crippen molar-refractivity contribution < 1.29 is 9.53 Å². The highest BCUT2D eigenvalue weighted by atomic mass is 16.5. The fraction of sp³-hybridized carbons (Fsp3) is 0.562. The Morgan fingerprint density at radius 2 is 2.00 bits per heavy atom. The summed E-state index contributed by atoms with van der Waals surface area (Å²) in [6.45, 7) is 5.40. The van der Waals surface area contributed by atoms with Crippen LogP contribution in [0.5, 0.6) is 5.75 Å². The van der Waals surface area contributed by atoms with Crippen LogP contribution in [-0.2, 0) is 0 Å². The Hall–Kier alpha value is -1.35. The van der Waals surface area contributed by atoms with Gasteiger partial charge in [0.2, 0.25) is 0 Å². The molecule has 1 aromatic carbocycles. The van der Waals surface area contributed by atoms with Gasteiger partial charge in [-0.2, -0.15) is 0 Å². The van der Waals surface area contributed by atoms with Gasteiger partial charge in [-0.25, -0.2) is 0 Å². The molecule has 0 radical (unpaired) electrons. The topological polar surface area (TPSA) is 38.3 Å². The quantitative estimate of drug-likeness (QED) is 0.800. The first kappa shape index (κ1) is 14.1. The van der Waals surface area contributed by atoms with Gasteiger partial charge in [0.1, 0.15) is 12.0 Å². The van der Waals surface area contributed by atoms with Crippen molar-refractivity contribution in [3.63, 3.8) is 0 Å². The molecule has 3 nitrogen and oxygen atoms in total. The lowest BCUT2D eigenvalue weighted by Gasteiger charge is -2.28. The minimum absolute atomic E-state index is 0.690. The molecular weight excluding hydrogens is 238 g/mol. The second-order valence-corrected chi connectivity index (χ2v) is 5.39. The van der Waals surface area contributed by atoms with Gasteiger partial charge in [0, 0.05) is 5.56 Å². The minimum Gasteiger partial charge on any atom is -0.494 e. The van der Waals surface area contributed by atoms with E-state index in [-0.39, 0.29) is 0 Å². The molecule has 1 atom stereocenters. The second-order valence-electron chi connectivity index (χ2n) is 5.39. The van der Waals surface area contributed by atoms with Gasteiger partial charge in [-0.05, 0) is 68.5 Å². The molecule has 0 unspecified atom stereocenters. The SMILES string of the molecule is C[C@H](CCOc1ccc(C=O)cc1)C1CCNCC1. The Labute approximate surface area is 115 Å². The fourth-order valence-corrected chi connectivity index (χ4v) is 2.65. The number of rotatable bonds is 6. The van der Waals surface area contributed by atoms with Crippen LogP contribution in [0.4, 0.5) is 0 Å². The van der Waals surface area contributed by atoms with Gasteiger partial charge in [0.25, 0.3) is 0 Å². The summed E-state index contributed by atoms with van der Waals surface area (Å²) in [5, 5.41) is 3.40. The van der Waals surface area contributed by atoms with Crippen LogP contribution in [0.15, 0.2) is 24.3 Å². The summed E-state index contributed by atoms with van der Waals surface area (Å²) in [5.41, 5.74) is 0.690. The molecule has 0 aromatic heterocycles. The summed E-state index contributed by atoms with van der Waals surface area (Å²) in [7, 11) is 0. The Bertz CT molecular complexity index is 382. The summed E-state index contributed by atoms with van der Waals surface area (Å²) in [4.78, 5) is 10.6. The summed E-state index contributed by atoms with van der Waals surface area (Å²) in [6, 6.07) is 7.30. The fourth-order valence-electron chi connectivity index (χ4n) is 2.65. The largest absolute Gasteiger partial charge is 0.494 e. The average molecular weight is 261 g/mol. The number of hydrogen-bond acceptors (Lipinski definition) is 3. The molecule has 0 spiro atoms. The predicted molar refractivity (Wildman–Crippen MR) is 76.7 cm³/mol. The van der Waals surface area contributed by atoms with E-state index in [4.69, 9.17) is 4.74 Å². The van der Waals surface area contributed by atoms with E-state index in [0.717, 1.165) is 50.0 Å². The molecule has 104 valence electrons. The maximum absolute atomic E-state index is 10.6. The van der Waals surface area contributed by atoms with Crippen LogP contribution in [0.2, 0.25) is 0 Å². The third kappa shape index (κ3) is 4.35. The summed E-state index contributed by atoms with van der Waals surface area (Å²) < 4.78 is 5.74. The van der Waals surface area contributed by atoms with Crippen molar-refractivity contribution in [1.29, 1.82) is 0 Å². The maximum atomic E-state index is 10.6. The van der Waals surface area contributed by atoms with Crippen LogP contribution in [0, 0.1) is 11.8 Å². The normalized spacial score (nSPS) is 17.9. The van der Waals surface area contributed by atoms with Crippen molar-refractivity contribution in [3.8, 4) is 5.75 Å². The van der Waals surface area contributed by atoms with Crippen LogP contribution in [0.25, 0.3) is 0 Å². The van der Waals surface area contributed by atoms with Crippen LogP contribution in [-0.4, -0.2) is 26.0 Å². The molecule has 1 aromatic rings. The number of ether oxygens (including phenoxy) is 1. The van der Waals surface area contributed by atoms with Gasteiger partial charge in [-0.15, -0.1) is 0 Å². The van der Waals surface area contributed by atoms with Crippen LogP contribution in [0.1, 0.15) is 36.5 Å². The van der Waals surface area contributed by atoms with E-state index in [9.17, 15) is 4.79 Å². The third-order valence-electron chi connectivity index (χ3n) is 4.05. The smallest absolute Gasteiger partial charge is 0.150 e. The number of carbonyl (C=O) groups excluding carboxylic acids is 1. The molecule has 2 rings (SSSR count). The average Bonchev–Trinajstić information content (AvgIpc) is 2.49. The van der Waals surface area contributed by atoms with Crippen molar-refractivity contribution in [2.24, 2.45) is 11.8 Å². The van der Waals surface area contributed by atoms with E-state index in [1.165, 1.54) is 12.8 Å². The molecule has 1 aliphatic rings. The maximum Gasteiger partial charge on any atom is 0.150 e. The summed E-state index contributed by atoms with van der Waals surface area (Å²) in [6.07, 6.45) is 4.52. The Balaban J connectivity index is 1.71. The highest BCUT2D eigenvalue weighted by Gasteiger charge is 2.19. The molecule has 0 saturated carbocycles. The van der Waals surface area contributed by atoms with E-state index in [2.05, 4.69) is 12.2 Å². The lowest BCUT2D eigenvalue weighted by molar-refractivity contribution is 0.112. The molecule has 0 bridgehead atoms. The monoisotopic (exact) mass is 261 g/mol. The van der Waals surface area contributed by atoms with E-state index < -0.39 is 0 Å². The van der Waals surface area contributed by atoms with Crippen molar-refractivity contribution in [1.82, 2.24) is 5.32 Å². The van der Waals surface area contributed by atoms with Crippen molar-refractivity contribution in [2.75, 3.05) is 19.7 Å². The number of piperidine rings is 1. The lowest BCUT2D eigenvalue weighted by atomic mass is 9.84. The molecule has 1 fully saturated rings. The first-order valence-electron chi connectivity index (χ1n) is 7.18. The molecule has 1 heterocycles. The molecule has 1 aliphatic heterocycles. The highest BCUT2D eigenvalue weighted by molar-refractivity contribution is 5.74. The van der Waals surface area contributed by atoms with E-state index >= 15 is 0 Å². The number of hydrogen-bond donors (Lipinski definition) is 1. The summed E-state index contributed by atoms with van der Waals surface area (Å²) in [5.74, 6) is 2.40. The third-order valence-corrected chi connectivity index (χ3v) is 4.05. The zero-order valence-corrected chi connectivity index (χ0v) is 11.6. The number of aldehydes is 1. The van der Waals surface area contributed by atoms with Gasteiger partial charge in [0.05, 0.1) is 6.61 Å². The highest BCUT2D eigenvalue weighted by Crippen LogP contribution is 2.24. The Morgan fingerprint density at radius 1 is 1.32 bits per heavy atom.